The van der Waals surface area contributed by atoms with Crippen molar-refractivity contribution in [2.75, 3.05) is 13.2 Å². The van der Waals surface area contributed by atoms with Gasteiger partial charge in [-0.15, -0.1) is 5.92 Å². The van der Waals surface area contributed by atoms with E-state index in [4.69, 9.17) is 4.74 Å². The first-order chi connectivity index (χ1) is 15.1. The molecule has 0 radical (unpaired) electrons. The molecular weight excluding hydrogens is 400 g/mol. The normalized spacial score (nSPS) is 15.2. The zero-order valence-corrected chi connectivity index (χ0v) is 22.0. The molecule has 0 aliphatic heterocycles. The summed E-state index contributed by atoms with van der Waals surface area (Å²) in [5.41, 5.74) is -0.683. The molecule has 0 heterocycles. The van der Waals surface area contributed by atoms with Crippen LogP contribution in [0, 0.1) is 17.8 Å². The Bertz CT molecular complexity index is 579. The van der Waals surface area contributed by atoms with Gasteiger partial charge in [-0.25, -0.2) is 0 Å². The zero-order valence-electron chi connectivity index (χ0n) is 22.0. The lowest BCUT2D eigenvalue weighted by Gasteiger charge is -2.31. The number of nitrogens with one attached hydrogen (secondary N) is 2. The first-order valence-electron chi connectivity index (χ1n) is 12.7. The summed E-state index contributed by atoms with van der Waals surface area (Å²) in [7, 11) is 0. The molecule has 0 bridgehead atoms. The summed E-state index contributed by atoms with van der Waals surface area (Å²) in [5.74, 6) is 6.28. The van der Waals surface area contributed by atoms with Crippen LogP contribution in [0.4, 0.5) is 0 Å². The standard InChI is InChI=1S/C25H44N2O3.C2H6/c1-6-7-18-26-22(28)15-16-25(4,5)30-19-17-24(2,3)27-23(29)20-21-13-11-9-8-10-12-14-21;1-2/h21H,8-20H2,1-5H3,(H,26,28)(H,27,29);1-2H3. The van der Waals surface area contributed by atoms with Gasteiger partial charge in [0, 0.05) is 25.0 Å². The lowest BCUT2D eigenvalue weighted by molar-refractivity contribution is -0.125. The van der Waals surface area contributed by atoms with Crippen molar-refractivity contribution in [3.05, 3.63) is 0 Å². The van der Waals surface area contributed by atoms with Crippen molar-refractivity contribution in [3.8, 4) is 11.8 Å². The first kappa shape index (κ1) is 30.5. The number of ether oxygens (including phenoxy) is 1. The minimum absolute atomic E-state index is 0.00349. The van der Waals surface area contributed by atoms with Gasteiger partial charge in [-0.2, -0.15) is 0 Å². The average molecular weight is 451 g/mol. The third kappa shape index (κ3) is 16.1. The van der Waals surface area contributed by atoms with E-state index in [0.717, 1.165) is 6.42 Å². The van der Waals surface area contributed by atoms with Crippen molar-refractivity contribution >= 4 is 11.8 Å². The molecule has 1 saturated carbocycles. The fourth-order valence-corrected chi connectivity index (χ4v) is 3.89. The maximum absolute atomic E-state index is 12.6. The topological polar surface area (TPSA) is 67.4 Å². The Kier molecular flexibility index (Phi) is 16.2. The average Bonchev–Trinajstić information content (AvgIpc) is 2.69. The number of amides is 2. The molecule has 186 valence electrons. The van der Waals surface area contributed by atoms with Crippen LogP contribution in [0.2, 0.25) is 0 Å². The van der Waals surface area contributed by atoms with Crippen LogP contribution in [0.25, 0.3) is 0 Å². The number of rotatable bonds is 11. The van der Waals surface area contributed by atoms with Crippen molar-refractivity contribution in [2.24, 2.45) is 5.92 Å². The summed E-state index contributed by atoms with van der Waals surface area (Å²) in [4.78, 5) is 24.4. The SMILES string of the molecule is CC.CC#CCNC(=O)CCC(C)(C)OCCC(C)(C)NC(=O)CC1CCCCCCC1. The third-order valence-corrected chi connectivity index (χ3v) is 5.90. The second-order valence-electron chi connectivity index (χ2n) is 9.91. The Morgan fingerprint density at radius 3 is 2.12 bits per heavy atom. The lowest BCUT2D eigenvalue weighted by atomic mass is 9.88. The van der Waals surface area contributed by atoms with E-state index in [1.165, 1.54) is 44.9 Å². The molecular formula is C27H50N2O3. The molecule has 5 heteroatoms. The second kappa shape index (κ2) is 17.0. The minimum Gasteiger partial charge on any atom is -0.375 e. The van der Waals surface area contributed by atoms with Crippen LogP contribution in [0.3, 0.4) is 0 Å². The van der Waals surface area contributed by atoms with Crippen LogP contribution >= 0.6 is 0 Å². The lowest BCUT2D eigenvalue weighted by Crippen LogP contribution is -2.45. The Balaban J connectivity index is 0.00000466. The van der Waals surface area contributed by atoms with Gasteiger partial charge in [0.1, 0.15) is 0 Å². The summed E-state index contributed by atoms with van der Waals surface area (Å²) >= 11 is 0. The monoisotopic (exact) mass is 450 g/mol. The van der Waals surface area contributed by atoms with Crippen LogP contribution in [0.15, 0.2) is 0 Å². The summed E-state index contributed by atoms with van der Waals surface area (Å²) in [6.07, 6.45) is 11.3. The highest BCUT2D eigenvalue weighted by Crippen LogP contribution is 2.25. The molecule has 32 heavy (non-hydrogen) atoms. The van der Waals surface area contributed by atoms with Crippen LogP contribution in [-0.2, 0) is 14.3 Å². The van der Waals surface area contributed by atoms with E-state index in [9.17, 15) is 9.59 Å². The highest BCUT2D eigenvalue weighted by Gasteiger charge is 2.25. The summed E-state index contributed by atoms with van der Waals surface area (Å²) < 4.78 is 6.04. The molecule has 2 N–H and O–H groups in total. The van der Waals surface area contributed by atoms with Crippen molar-refractivity contribution < 1.29 is 14.3 Å². The molecule has 0 aromatic heterocycles. The van der Waals surface area contributed by atoms with E-state index >= 15 is 0 Å². The van der Waals surface area contributed by atoms with Gasteiger partial charge in [0.2, 0.25) is 11.8 Å². The van der Waals surface area contributed by atoms with Crippen LogP contribution in [0.5, 0.6) is 0 Å². The van der Waals surface area contributed by atoms with E-state index in [1.807, 2.05) is 27.7 Å². The quantitative estimate of drug-likeness (QED) is 0.393. The smallest absolute Gasteiger partial charge is 0.220 e. The molecule has 1 aliphatic rings. The fraction of sp³-hybridized carbons (Fsp3) is 0.852. The Labute approximate surface area is 198 Å². The van der Waals surface area contributed by atoms with E-state index in [2.05, 4.69) is 36.3 Å². The highest BCUT2D eigenvalue weighted by molar-refractivity contribution is 5.77. The molecule has 0 atom stereocenters. The maximum atomic E-state index is 12.6. The van der Waals surface area contributed by atoms with Crippen molar-refractivity contribution in [1.82, 2.24) is 10.6 Å². The van der Waals surface area contributed by atoms with Gasteiger partial charge in [-0.3, -0.25) is 9.59 Å². The zero-order chi connectivity index (χ0) is 24.5. The number of hydrogen-bond donors (Lipinski definition) is 2. The van der Waals surface area contributed by atoms with E-state index < -0.39 is 0 Å². The Morgan fingerprint density at radius 1 is 0.938 bits per heavy atom. The van der Waals surface area contributed by atoms with Crippen LogP contribution < -0.4 is 10.6 Å². The van der Waals surface area contributed by atoms with Gasteiger partial charge in [0.25, 0.3) is 0 Å². The molecule has 0 saturated heterocycles. The Morgan fingerprint density at radius 2 is 1.53 bits per heavy atom. The van der Waals surface area contributed by atoms with E-state index in [-0.39, 0.29) is 23.0 Å². The molecule has 0 spiro atoms. The van der Waals surface area contributed by atoms with Gasteiger partial charge in [0.15, 0.2) is 0 Å². The maximum Gasteiger partial charge on any atom is 0.220 e. The Hall–Kier alpha value is -1.54. The molecule has 2 amide bonds. The van der Waals surface area contributed by atoms with E-state index in [0.29, 0.717) is 38.3 Å². The molecule has 0 aromatic rings. The molecule has 0 unspecified atom stereocenters. The largest absolute Gasteiger partial charge is 0.375 e. The fourth-order valence-electron chi connectivity index (χ4n) is 3.89. The third-order valence-electron chi connectivity index (χ3n) is 5.90. The van der Waals surface area contributed by atoms with Crippen LogP contribution in [-0.4, -0.2) is 36.1 Å². The predicted octanol–water partition coefficient (Wildman–Crippen LogP) is 5.76. The van der Waals surface area contributed by atoms with Gasteiger partial charge in [0.05, 0.1) is 12.1 Å². The molecule has 5 nitrogen and oxygen atoms in total. The summed E-state index contributed by atoms with van der Waals surface area (Å²) in [6, 6.07) is 0. The molecule has 1 fully saturated rings. The van der Waals surface area contributed by atoms with Crippen molar-refractivity contribution in [3.63, 3.8) is 0 Å². The number of hydrogen-bond acceptors (Lipinski definition) is 3. The van der Waals surface area contributed by atoms with Crippen molar-refractivity contribution in [2.45, 2.75) is 130 Å². The van der Waals surface area contributed by atoms with Gasteiger partial charge < -0.3 is 15.4 Å². The molecule has 1 rings (SSSR count). The number of carbonyl (C=O) groups excluding carboxylic acids is 2. The van der Waals surface area contributed by atoms with Gasteiger partial charge >= 0.3 is 0 Å². The summed E-state index contributed by atoms with van der Waals surface area (Å²) in [6.45, 7) is 14.8. The van der Waals surface area contributed by atoms with E-state index in [1.54, 1.807) is 6.92 Å². The number of carbonyl (C=O) groups is 2. The summed E-state index contributed by atoms with van der Waals surface area (Å²) in [5, 5.41) is 5.99. The minimum atomic E-state index is -0.382. The van der Waals surface area contributed by atoms with Gasteiger partial charge in [-0.05, 0) is 66.2 Å². The van der Waals surface area contributed by atoms with Gasteiger partial charge in [-0.1, -0.05) is 51.9 Å². The predicted molar refractivity (Wildman–Crippen MR) is 134 cm³/mol. The van der Waals surface area contributed by atoms with Crippen molar-refractivity contribution in [1.29, 1.82) is 0 Å². The second-order valence-corrected chi connectivity index (χ2v) is 9.91. The van der Waals surface area contributed by atoms with Crippen LogP contribution in [0.1, 0.15) is 119 Å². The highest BCUT2D eigenvalue weighted by atomic mass is 16.5. The molecule has 0 aromatic carbocycles. The molecule has 1 aliphatic carbocycles. The first-order valence-corrected chi connectivity index (χ1v) is 12.7.